The largest absolute Gasteiger partial charge is 0.496 e. The van der Waals surface area contributed by atoms with Gasteiger partial charge >= 0.3 is 0 Å². The van der Waals surface area contributed by atoms with Gasteiger partial charge in [0.2, 0.25) is 5.95 Å². The zero-order chi connectivity index (χ0) is 22.8. The van der Waals surface area contributed by atoms with Gasteiger partial charge < -0.3 is 29.5 Å². The Kier molecular flexibility index (Phi) is 6.26. The number of aromatic nitrogens is 3. The molecule has 3 aromatic rings. The summed E-state index contributed by atoms with van der Waals surface area (Å²) in [4.78, 5) is 16.8. The molecule has 2 aromatic heterocycles. The van der Waals surface area contributed by atoms with Crippen molar-refractivity contribution in [1.82, 2.24) is 15.0 Å². The number of nitrogens with one attached hydrogen (secondary N) is 1. The Balaban J connectivity index is 1.59. The molecule has 2 aliphatic rings. The van der Waals surface area contributed by atoms with Crippen LogP contribution in [0.4, 0.5) is 11.8 Å². The Morgan fingerprint density at radius 2 is 2.00 bits per heavy atom. The van der Waals surface area contributed by atoms with Crippen molar-refractivity contribution in [3.63, 3.8) is 0 Å². The van der Waals surface area contributed by atoms with Crippen molar-refractivity contribution >= 4 is 22.8 Å². The van der Waals surface area contributed by atoms with Crippen molar-refractivity contribution in [2.75, 3.05) is 50.3 Å². The van der Waals surface area contributed by atoms with Crippen molar-refractivity contribution in [2.45, 2.75) is 32.0 Å². The Morgan fingerprint density at radius 1 is 1.12 bits per heavy atom. The van der Waals surface area contributed by atoms with E-state index in [9.17, 15) is 5.11 Å². The number of rotatable bonds is 6. The minimum atomic E-state index is -0.108. The molecule has 2 fully saturated rings. The number of aliphatic hydroxyl groups excluding tert-OH is 1. The average Bonchev–Trinajstić information content (AvgIpc) is 3.36. The van der Waals surface area contributed by atoms with Gasteiger partial charge in [-0.1, -0.05) is 0 Å². The van der Waals surface area contributed by atoms with Gasteiger partial charge in [0, 0.05) is 24.3 Å². The summed E-state index contributed by atoms with van der Waals surface area (Å²) in [6, 6.07) is 10.1. The summed E-state index contributed by atoms with van der Waals surface area (Å²) < 4.78 is 16.5. The molecule has 0 spiro atoms. The first-order valence-corrected chi connectivity index (χ1v) is 11.3. The number of methoxy groups -OCH3 is 1. The normalized spacial score (nSPS) is 20.9. The second kappa shape index (κ2) is 9.46. The van der Waals surface area contributed by atoms with E-state index < -0.39 is 0 Å². The minimum absolute atomic E-state index is 0.108. The Hall–Kier alpha value is -3.01. The zero-order valence-corrected chi connectivity index (χ0v) is 19.0. The fourth-order valence-corrected chi connectivity index (χ4v) is 4.37. The molecular formula is C24H29N5O4. The number of pyridine rings is 1. The molecule has 2 N–H and O–H groups in total. The molecule has 2 atom stereocenters. The molecule has 0 amide bonds. The standard InChI is InChI=1S/C24H29N5O4/c1-15-13-33-10-8-29(15)23-19-4-5-20(16-3-6-21(31-2)17(11-16)12-30)26-22(19)27-24(28-23)25-18-7-9-32-14-18/h3-6,11,15,18,30H,7-10,12-14H2,1-2H3,(H,25,26,27,28)/t15-,18?/m0/s1. The van der Waals surface area contributed by atoms with Gasteiger partial charge in [0.1, 0.15) is 11.6 Å². The predicted molar refractivity (Wildman–Crippen MR) is 126 cm³/mol. The maximum absolute atomic E-state index is 9.71. The van der Waals surface area contributed by atoms with Crippen LogP contribution in [-0.4, -0.2) is 72.2 Å². The number of fused-ring (bicyclic) bond motifs is 1. The summed E-state index contributed by atoms with van der Waals surface area (Å²) in [5.41, 5.74) is 3.00. The fourth-order valence-electron chi connectivity index (χ4n) is 4.37. The molecule has 33 heavy (non-hydrogen) atoms. The van der Waals surface area contributed by atoms with E-state index in [1.54, 1.807) is 7.11 Å². The highest BCUT2D eigenvalue weighted by Gasteiger charge is 2.25. The molecule has 0 saturated carbocycles. The lowest BCUT2D eigenvalue weighted by Gasteiger charge is -2.35. The third kappa shape index (κ3) is 4.44. The first-order chi connectivity index (χ1) is 16.2. The Bertz CT molecular complexity index is 1140. The fraction of sp³-hybridized carbons (Fsp3) is 0.458. The van der Waals surface area contributed by atoms with Crippen molar-refractivity contribution in [1.29, 1.82) is 0 Å². The van der Waals surface area contributed by atoms with Crippen LogP contribution in [0, 0.1) is 0 Å². The van der Waals surface area contributed by atoms with Crippen molar-refractivity contribution in [3.8, 4) is 17.0 Å². The van der Waals surface area contributed by atoms with E-state index >= 15 is 0 Å². The molecule has 0 radical (unpaired) electrons. The number of hydrogen-bond donors (Lipinski definition) is 2. The molecule has 2 aliphatic heterocycles. The number of ether oxygens (including phenoxy) is 3. The van der Waals surface area contributed by atoms with Gasteiger partial charge in [-0.15, -0.1) is 0 Å². The third-order valence-electron chi connectivity index (χ3n) is 6.19. The van der Waals surface area contributed by atoms with Crippen molar-refractivity contribution in [2.24, 2.45) is 0 Å². The lowest BCUT2D eigenvalue weighted by molar-refractivity contribution is 0.0987. The molecule has 2 saturated heterocycles. The van der Waals surface area contributed by atoms with E-state index in [4.69, 9.17) is 29.2 Å². The summed E-state index contributed by atoms with van der Waals surface area (Å²) >= 11 is 0. The lowest BCUT2D eigenvalue weighted by Crippen LogP contribution is -2.44. The highest BCUT2D eigenvalue weighted by atomic mass is 16.5. The summed E-state index contributed by atoms with van der Waals surface area (Å²) in [7, 11) is 1.59. The number of anilines is 2. The number of nitrogens with zero attached hydrogens (tertiary/aromatic N) is 4. The average molecular weight is 452 g/mol. The minimum Gasteiger partial charge on any atom is -0.496 e. The van der Waals surface area contributed by atoms with Gasteiger partial charge in [-0.05, 0) is 43.7 Å². The maximum Gasteiger partial charge on any atom is 0.227 e. The van der Waals surface area contributed by atoms with E-state index in [1.165, 1.54) is 0 Å². The summed E-state index contributed by atoms with van der Waals surface area (Å²) in [6.45, 7) is 5.51. The van der Waals surface area contributed by atoms with Gasteiger partial charge in [0.05, 0.1) is 56.7 Å². The molecule has 4 heterocycles. The Labute approximate surface area is 192 Å². The van der Waals surface area contributed by atoms with Crippen LogP contribution in [0.5, 0.6) is 5.75 Å². The lowest BCUT2D eigenvalue weighted by atomic mass is 10.1. The Morgan fingerprint density at radius 3 is 2.76 bits per heavy atom. The van der Waals surface area contributed by atoms with Crippen LogP contribution in [0.1, 0.15) is 18.9 Å². The molecule has 1 unspecified atom stereocenters. The first-order valence-electron chi connectivity index (χ1n) is 11.3. The van der Waals surface area contributed by atoms with Gasteiger partial charge in [-0.25, -0.2) is 4.98 Å². The first kappa shape index (κ1) is 21.8. The van der Waals surface area contributed by atoms with Gasteiger partial charge in [-0.2, -0.15) is 9.97 Å². The third-order valence-corrected chi connectivity index (χ3v) is 6.19. The van der Waals surface area contributed by atoms with Gasteiger partial charge in [0.15, 0.2) is 5.65 Å². The van der Waals surface area contributed by atoms with Crippen LogP contribution >= 0.6 is 0 Å². The molecule has 9 heteroatoms. The predicted octanol–water partition coefficient (Wildman–Crippen LogP) is 2.62. The van der Waals surface area contributed by atoms with Crippen LogP contribution in [-0.2, 0) is 16.1 Å². The molecule has 174 valence electrons. The van der Waals surface area contributed by atoms with Crippen LogP contribution in [0.2, 0.25) is 0 Å². The van der Waals surface area contributed by atoms with Crippen LogP contribution in [0.15, 0.2) is 30.3 Å². The second-order valence-electron chi connectivity index (χ2n) is 8.45. The highest BCUT2D eigenvalue weighted by Crippen LogP contribution is 2.31. The summed E-state index contributed by atoms with van der Waals surface area (Å²) in [5.74, 6) is 2.07. The molecule has 9 nitrogen and oxygen atoms in total. The topological polar surface area (TPSA) is 102 Å². The number of morpholine rings is 1. The number of aliphatic hydroxyl groups is 1. The van der Waals surface area contributed by atoms with E-state index in [2.05, 4.69) is 17.1 Å². The molecule has 0 aliphatic carbocycles. The number of hydrogen-bond acceptors (Lipinski definition) is 9. The molecule has 5 rings (SSSR count). The van der Waals surface area contributed by atoms with Crippen molar-refractivity contribution in [3.05, 3.63) is 35.9 Å². The highest BCUT2D eigenvalue weighted by molar-refractivity contribution is 5.90. The van der Waals surface area contributed by atoms with E-state index in [-0.39, 0.29) is 18.7 Å². The molecule has 1 aromatic carbocycles. The van der Waals surface area contributed by atoms with E-state index in [0.29, 0.717) is 42.7 Å². The van der Waals surface area contributed by atoms with Crippen molar-refractivity contribution < 1.29 is 19.3 Å². The van der Waals surface area contributed by atoms with Crippen LogP contribution < -0.4 is 15.0 Å². The SMILES string of the molecule is COc1ccc(-c2ccc3c(N4CCOC[C@@H]4C)nc(NC4CCOC4)nc3n2)cc1CO. The van der Waals surface area contributed by atoms with Gasteiger partial charge in [-0.3, -0.25) is 0 Å². The summed E-state index contributed by atoms with van der Waals surface area (Å²) in [6.07, 6.45) is 0.925. The monoisotopic (exact) mass is 451 g/mol. The van der Waals surface area contributed by atoms with E-state index in [0.717, 1.165) is 42.0 Å². The summed E-state index contributed by atoms with van der Waals surface area (Å²) in [5, 5.41) is 14.0. The second-order valence-corrected chi connectivity index (χ2v) is 8.45. The van der Waals surface area contributed by atoms with Gasteiger partial charge in [0.25, 0.3) is 0 Å². The molecular weight excluding hydrogens is 422 g/mol. The quantitative estimate of drug-likeness (QED) is 0.585. The molecule has 0 bridgehead atoms. The smallest absolute Gasteiger partial charge is 0.227 e. The maximum atomic E-state index is 9.71. The van der Waals surface area contributed by atoms with E-state index in [1.807, 2.05) is 30.3 Å². The van der Waals surface area contributed by atoms with Crippen LogP contribution in [0.3, 0.4) is 0 Å². The van der Waals surface area contributed by atoms with Crippen LogP contribution in [0.25, 0.3) is 22.3 Å². The number of benzene rings is 1. The zero-order valence-electron chi connectivity index (χ0n) is 19.0.